The SMILES string of the molecule is CC(O)CN1CCOC(Oc2ccc3c(c2)CC=CC3)S1. The highest BCUT2D eigenvalue weighted by atomic mass is 32.2. The number of aliphatic hydroxyl groups excluding tert-OH is 1. The Bertz CT molecular complexity index is 518. The third-order valence-electron chi connectivity index (χ3n) is 3.55. The minimum absolute atomic E-state index is 0.338. The average Bonchev–Trinajstić information content (AvgIpc) is 2.47. The van der Waals surface area contributed by atoms with Crippen LogP contribution >= 0.6 is 11.9 Å². The van der Waals surface area contributed by atoms with E-state index in [1.807, 2.05) is 6.07 Å². The Labute approximate surface area is 129 Å². The second kappa shape index (κ2) is 6.83. The van der Waals surface area contributed by atoms with Gasteiger partial charge in [0.15, 0.2) is 0 Å². The molecule has 0 bridgehead atoms. The van der Waals surface area contributed by atoms with Gasteiger partial charge in [-0.2, -0.15) is 0 Å². The topological polar surface area (TPSA) is 41.9 Å². The van der Waals surface area contributed by atoms with Crippen molar-refractivity contribution in [1.29, 1.82) is 0 Å². The Morgan fingerprint density at radius 3 is 3.00 bits per heavy atom. The van der Waals surface area contributed by atoms with E-state index in [1.165, 1.54) is 23.1 Å². The molecule has 2 unspecified atom stereocenters. The number of rotatable bonds is 4. The number of β-amino-alcohol motifs (C(OH)–C–C–N with tert-alkyl or cyclic N) is 1. The zero-order chi connectivity index (χ0) is 14.7. The van der Waals surface area contributed by atoms with E-state index >= 15 is 0 Å². The van der Waals surface area contributed by atoms with Gasteiger partial charge in [-0.15, -0.1) is 0 Å². The quantitative estimate of drug-likeness (QED) is 0.683. The minimum atomic E-state index is -0.341. The van der Waals surface area contributed by atoms with E-state index in [1.54, 1.807) is 6.92 Å². The van der Waals surface area contributed by atoms with Crippen LogP contribution in [0.3, 0.4) is 0 Å². The van der Waals surface area contributed by atoms with Crippen molar-refractivity contribution in [3.63, 3.8) is 0 Å². The standard InChI is InChI=1S/C16H21NO3S/c1-12(18)11-17-8-9-19-16(21-17)20-15-7-6-13-4-2-3-5-14(13)10-15/h2-3,6-7,10,12,16,18H,4-5,8-9,11H2,1H3. The van der Waals surface area contributed by atoms with E-state index in [-0.39, 0.29) is 11.7 Å². The molecular weight excluding hydrogens is 286 g/mol. The lowest BCUT2D eigenvalue weighted by molar-refractivity contribution is -0.0340. The molecule has 0 radical (unpaired) electrons. The van der Waals surface area contributed by atoms with E-state index in [0.717, 1.165) is 25.1 Å². The first-order chi connectivity index (χ1) is 10.2. The number of nitrogens with zero attached hydrogens (tertiary/aromatic N) is 1. The summed E-state index contributed by atoms with van der Waals surface area (Å²) in [5.41, 5.74) is 2.36. The van der Waals surface area contributed by atoms with Crippen LogP contribution in [0.15, 0.2) is 30.4 Å². The number of ether oxygens (including phenoxy) is 2. The molecular formula is C16H21NO3S. The fraction of sp³-hybridized carbons (Fsp3) is 0.500. The van der Waals surface area contributed by atoms with Crippen molar-refractivity contribution >= 4 is 11.9 Å². The van der Waals surface area contributed by atoms with E-state index in [4.69, 9.17) is 9.47 Å². The van der Waals surface area contributed by atoms with Gasteiger partial charge < -0.3 is 14.6 Å². The molecule has 3 rings (SSSR count). The van der Waals surface area contributed by atoms with Crippen LogP contribution < -0.4 is 4.74 Å². The van der Waals surface area contributed by atoms with Crippen molar-refractivity contribution in [2.24, 2.45) is 0 Å². The number of aliphatic hydroxyl groups is 1. The van der Waals surface area contributed by atoms with E-state index in [9.17, 15) is 5.11 Å². The van der Waals surface area contributed by atoms with E-state index in [0.29, 0.717) is 13.2 Å². The summed E-state index contributed by atoms with van der Waals surface area (Å²) >= 11 is 1.51. The van der Waals surface area contributed by atoms with Crippen LogP contribution in [-0.4, -0.2) is 40.8 Å². The van der Waals surface area contributed by atoms with Gasteiger partial charge in [-0.3, -0.25) is 0 Å². The Morgan fingerprint density at radius 2 is 2.19 bits per heavy atom. The van der Waals surface area contributed by atoms with Crippen molar-refractivity contribution in [2.45, 2.75) is 31.5 Å². The Kier molecular flexibility index (Phi) is 4.85. The lowest BCUT2D eigenvalue weighted by atomic mass is 9.97. The molecule has 2 aliphatic rings. The molecule has 2 atom stereocenters. The Hall–Kier alpha value is -1.01. The first-order valence-corrected chi connectivity index (χ1v) is 8.19. The maximum absolute atomic E-state index is 9.47. The minimum Gasteiger partial charge on any atom is -0.454 e. The Balaban J connectivity index is 1.61. The maximum Gasteiger partial charge on any atom is 0.263 e. The predicted molar refractivity (Wildman–Crippen MR) is 84.2 cm³/mol. The van der Waals surface area contributed by atoms with Gasteiger partial charge in [-0.25, -0.2) is 4.31 Å². The first kappa shape index (κ1) is 14.9. The number of hydrogen-bond acceptors (Lipinski definition) is 5. The summed E-state index contributed by atoms with van der Waals surface area (Å²) in [5, 5.41) is 9.47. The van der Waals surface area contributed by atoms with Crippen molar-refractivity contribution in [3.05, 3.63) is 41.5 Å². The molecule has 1 saturated heterocycles. The summed E-state index contributed by atoms with van der Waals surface area (Å²) in [6.07, 6.45) is 6.04. The molecule has 5 heteroatoms. The third kappa shape index (κ3) is 4.01. The lowest BCUT2D eigenvalue weighted by Gasteiger charge is -2.32. The van der Waals surface area contributed by atoms with Gasteiger partial charge in [0.1, 0.15) is 5.75 Å². The molecule has 1 heterocycles. The largest absolute Gasteiger partial charge is 0.454 e. The fourth-order valence-corrected chi connectivity index (χ4v) is 3.57. The molecule has 1 aromatic rings. The molecule has 0 amide bonds. The van der Waals surface area contributed by atoms with Crippen LogP contribution in [0.1, 0.15) is 18.1 Å². The first-order valence-electron chi connectivity index (χ1n) is 7.35. The van der Waals surface area contributed by atoms with Gasteiger partial charge in [-0.05, 0) is 55.0 Å². The van der Waals surface area contributed by atoms with Crippen LogP contribution in [0.2, 0.25) is 0 Å². The molecule has 1 N–H and O–H groups in total. The van der Waals surface area contributed by atoms with Crippen LogP contribution in [0, 0.1) is 0 Å². The number of hydrogen-bond donors (Lipinski definition) is 1. The van der Waals surface area contributed by atoms with Gasteiger partial charge >= 0.3 is 0 Å². The van der Waals surface area contributed by atoms with E-state index in [2.05, 4.69) is 28.6 Å². The fourth-order valence-electron chi connectivity index (χ4n) is 2.54. The van der Waals surface area contributed by atoms with Crippen LogP contribution in [-0.2, 0) is 17.6 Å². The van der Waals surface area contributed by atoms with Crippen molar-refractivity contribution in [2.75, 3.05) is 19.7 Å². The average molecular weight is 307 g/mol. The Morgan fingerprint density at radius 1 is 1.38 bits per heavy atom. The number of fused-ring (bicyclic) bond motifs is 1. The highest BCUT2D eigenvalue weighted by molar-refractivity contribution is 7.97. The lowest BCUT2D eigenvalue weighted by Crippen LogP contribution is -2.38. The van der Waals surface area contributed by atoms with Gasteiger partial charge in [0.05, 0.1) is 12.7 Å². The summed E-state index contributed by atoms with van der Waals surface area (Å²) in [7, 11) is 0. The van der Waals surface area contributed by atoms with Crippen molar-refractivity contribution in [3.8, 4) is 5.75 Å². The van der Waals surface area contributed by atoms with Gasteiger partial charge in [0.25, 0.3) is 5.62 Å². The highest BCUT2D eigenvalue weighted by Gasteiger charge is 2.24. The highest BCUT2D eigenvalue weighted by Crippen LogP contribution is 2.28. The number of allylic oxidation sites excluding steroid dienone is 2. The van der Waals surface area contributed by atoms with Gasteiger partial charge in [-0.1, -0.05) is 18.2 Å². The van der Waals surface area contributed by atoms with Crippen molar-refractivity contribution < 1.29 is 14.6 Å². The summed E-state index contributed by atoms with van der Waals surface area (Å²) in [6.45, 7) is 3.86. The molecule has 0 saturated carbocycles. The molecule has 1 aliphatic carbocycles. The summed E-state index contributed by atoms with van der Waals surface area (Å²) < 4.78 is 13.7. The van der Waals surface area contributed by atoms with Crippen LogP contribution in [0.4, 0.5) is 0 Å². The molecule has 1 fully saturated rings. The second-order valence-corrected chi connectivity index (χ2v) is 6.54. The molecule has 21 heavy (non-hydrogen) atoms. The van der Waals surface area contributed by atoms with E-state index < -0.39 is 0 Å². The predicted octanol–water partition coefficient (Wildman–Crippen LogP) is 2.37. The second-order valence-electron chi connectivity index (χ2n) is 5.43. The number of benzene rings is 1. The molecule has 0 aromatic heterocycles. The molecule has 4 nitrogen and oxygen atoms in total. The smallest absolute Gasteiger partial charge is 0.263 e. The molecule has 114 valence electrons. The molecule has 1 aliphatic heterocycles. The van der Waals surface area contributed by atoms with Gasteiger partial charge in [0.2, 0.25) is 0 Å². The van der Waals surface area contributed by atoms with Crippen molar-refractivity contribution in [1.82, 2.24) is 4.31 Å². The summed E-state index contributed by atoms with van der Waals surface area (Å²) in [6, 6.07) is 6.25. The van der Waals surface area contributed by atoms with Crippen LogP contribution in [0.5, 0.6) is 5.75 Å². The summed E-state index contributed by atoms with van der Waals surface area (Å²) in [5.74, 6) is 0.848. The maximum atomic E-state index is 9.47. The van der Waals surface area contributed by atoms with Crippen LogP contribution in [0.25, 0.3) is 0 Å². The normalized spacial score (nSPS) is 23.6. The zero-order valence-electron chi connectivity index (χ0n) is 12.2. The monoisotopic (exact) mass is 307 g/mol. The zero-order valence-corrected chi connectivity index (χ0v) is 13.0. The molecule has 0 spiro atoms. The van der Waals surface area contributed by atoms with Gasteiger partial charge in [0, 0.05) is 13.1 Å². The summed E-state index contributed by atoms with van der Waals surface area (Å²) in [4.78, 5) is 0. The third-order valence-corrected chi connectivity index (χ3v) is 4.58. The molecule has 1 aromatic carbocycles.